The summed E-state index contributed by atoms with van der Waals surface area (Å²) in [6.45, 7) is 4.84. The molecule has 2 amide bonds. The lowest BCUT2D eigenvalue weighted by molar-refractivity contribution is -0.139. The lowest BCUT2D eigenvalue weighted by Crippen LogP contribution is -2.40. The Hall–Kier alpha value is -1.59. The van der Waals surface area contributed by atoms with Crippen LogP contribution in [0.3, 0.4) is 0 Å². The van der Waals surface area contributed by atoms with Crippen LogP contribution in [0.4, 0.5) is 0 Å². The highest BCUT2D eigenvalue weighted by Crippen LogP contribution is 1.90. The second kappa shape index (κ2) is 7.67. The number of aliphatic carboxylic acids is 1. The lowest BCUT2D eigenvalue weighted by Gasteiger charge is -2.18. The molecular weight excluding hydrogens is 212 g/mol. The molecule has 0 atom stereocenters. The number of carboxylic acids is 1. The molecule has 0 aliphatic heterocycles. The minimum absolute atomic E-state index is 0.0693. The Kier molecular flexibility index (Phi) is 6.91. The minimum Gasteiger partial charge on any atom is -0.481 e. The van der Waals surface area contributed by atoms with Crippen molar-refractivity contribution in [1.29, 1.82) is 0 Å². The molecule has 0 spiro atoms. The zero-order valence-electron chi connectivity index (χ0n) is 9.65. The van der Waals surface area contributed by atoms with E-state index in [1.165, 1.54) is 0 Å². The molecule has 6 nitrogen and oxygen atoms in total. The first-order valence-corrected chi connectivity index (χ1v) is 5.27. The summed E-state index contributed by atoms with van der Waals surface area (Å²) < 4.78 is 0. The molecule has 16 heavy (non-hydrogen) atoms. The highest BCUT2D eigenvalue weighted by atomic mass is 16.4. The predicted molar refractivity (Wildman–Crippen MR) is 57.8 cm³/mol. The number of carboxylic acid groups (broad SMARTS) is 1. The van der Waals surface area contributed by atoms with Crippen LogP contribution in [0.1, 0.15) is 26.7 Å². The zero-order chi connectivity index (χ0) is 12.6. The molecule has 0 bridgehead atoms. The van der Waals surface area contributed by atoms with Crippen LogP contribution in [-0.2, 0) is 14.4 Å². The topological polar surface area (TPSA) is 86.7 Å². The van der Waals surface area contributed by atoms with E-state index in [-0.39, 0.29) is 25.3 Å². The Morgan fingerprint density at radius 3 is 2.12 bits per heavy atom. The van der Waals surface area contributed by atoms with E-state index < -0.39 is 11.9 Å². The van der Waals surface area contributed by atoms with Crippen LogP contribution in [0.25, 0.3) is 0 Å². The van der Waals surface area contributed by atoms with Gasteiger partial charge in [0.05, 0.1) is 13.0 Å². The van der Waals surface area contributed by atoms with Crippen molar-refractivity contribution in [2.45, 2.75) is 26.7 Å². The first-order valence-electron chi connectivity index (χ1n) is 5.27. The van der Waals surface area contributed by atoms with Gasteiger partial charge in [-0.15, -0.1) is 0 Å². The number of carbonyl (C=O) groups excluding carboxylic acids is 2. The molecule has 0 aliphatic rings. The fraction of sp³-hybridized carbons (Fsp3) is 0.700. The molecule has 0 fully saturated rings. The molecule has 0 unspecified atom stereocenters. The van der Waals surface area contributed by atoms with Gasteiger partial charge in [0.15, 0.2) is 0 Å². The van der Waals surface area contributed by atoms with Crippen molar-refractivity contribution < 1.29 is 19.5 Å². The first kappa shape index (κ1) is 14.4. The predicted octanol–water partition coefficient (Wildman–Crippen LogP) is -0.164. The molecule has 0 rings (SSSR count). The van der Waals surface area contributed by atoms with Crippen LogP contribution in [0.15, 0.2) is 0 Å². The number of amides is 2. The Morgan fingerprint density at radius 2 is 1.69 bits per heavy atom. The summed E-state index contributed by atoms with van der Waals surface area (Å²) in [5, 5.41) is 10.7. The zero-order valence-corrected chi connectivity index (χ0v) is 9.65. The standard InChI is InChI=1S/C10H18N2O4/c1-3-12(4-2)9(14)7-11-8(13)5-6-10(15)16/h3-7H2,1-2H3,(H,11,13)(H,15,16). The van der Waals surface area contributed by atoms with Crippen LogP contribution in [-0.4, -0.2) is 47.4 Å². The van der Waals surface area contributed by atoms with Crippen molar-refractivity contribution in [3.05, 3.63) is 0 Å². The highest BCUT2D eigenvalue weighted by Gasteiger charge is 2.11. The molecule has 0 aromatic heterocycles. The molecule has 0 aromatic carbocycles. The SMILES string of the molecule is CCN(CC)C(=O)CNC(=O)CCC(=O)O. The molecular formula is C10H18N2O4. The summed E-state index contributed by atoms with van der Waals surface area (Å²) in [6, 6.07) is 0. The van der Waals surface area contributed by atoms with Gasteiger partial charge in [-0.25, -0.2) is 0 Å². The van der Waals surface area contributed by atoms with Gasteiger partial charge in [0, 0.05) is 19.5 Å². The van der Waals surface area contributed by atoms with E-state index in [1.54, 1.807) is 4.90 Å². The van der Waals surface area contributed by atoms with Gasteiger partial charge < -0.3 is 15.3 Å². The van der Waals surface area contributed by atoms with E-state index in [0.717, 1.165) is 0 Å². The number of likely N-dealkylation sites (N-methyl/N-ethyl adjacent to an activating group) is 1. The van der Waals surface area contributed by atoms with Crippen molar-refractivity contribution in [2.24, 2.45) is 0 Å². The van der Waals surface area contributed by atoms with Crippen LogP contribution >= 0.6 is 0 Å². The summed E-state index contributed by atoms with van der Waals surface area (Å²) in [5.74, 6) is -1.60. The van der Waals surface area contributed by atoms with Crippen molar-refractivity contribution in [1.82, 2.24) is 10.2 Å². The third-order valence-corrected chi connectivity index (χ3v) is 2.12. The van der Waals surface area contributed by atoms with Gasteiger partial charge in [-0.05, 0) is 13.8 Å². The van der Waals surface area contributed by atoms with E-state index in [2.05, 4.69) is 5.32 Å². The van der Waals surface area contributed by atoms with Crippen molar-refractivity contribution in [3.63, 3.8) is 0 Å². The molecule has 0 saturated heterocycles. The lowest BCUT2D eigenvalue weighted by atomic mass is 10.3. The number of hydrogen-bond donors (Lipinski definition) is 2. The van der Waals surface area contributed by atoms with Crippen molar-refractivity contribution >= 4 is 17.8 Å². The third-order valence-electron chi connectivity index (χ3n) is 2.12. The van der Waals surface area contributed by atoms with Crippen LogP contribution in [0.2, 0.25) is 0 Å². The van der Waals surface area contributed by atoms with Gasteiger partial charge in [0.1, 0.15) is 0 Å². The number of rotatable bonds is 7. The van der Waals surface area contributed by atoms with Gasteiger partial charge >= 0.3 is 5.97 Å². The number of hydrogen-bond acceptors (Lipinski definition) is 3. The van der Waals surface area contributed by atoms with E-state index in [1.807, 2.05) is 13.8 Å². The monoisotopic (exact) mass is 230 g/mol. The van der Waals surface area contributed by atoms with Crippen LogP contribution in [0.5, 0.6) is 0 Å². The quantitative estimate of drug-likeness (QED) is 0.636. The minimum atomic E-state index is -1.02. The molecule has 0 aliphatic carbocycles. The van der Waals surface area contributed by atoms with E-state index in [0.29, 0.717) is 13.1 Å². The fourth-order valence-electron chi connectivity index (χ4n) is 1.17. The Bertz CT molecular complexity index is 262. The normalized spacial score (nSPS) is 9.62. The van der Waals surface area contributed by atoms with Crippen molar-refractivity contribution in [2.75, 3.05) is 19.6 Å². The number of carbonyl (C=O) groups is 3. The third kappa shape index (κ3) is 6.00. The molecule has 0 heterocycles. The molecule has 6 heteroatoms. The second-order valence-corrected chi connectivity index (χ2v) is 3.24. The average Bonchev–Trinajstić information content (AvgIpc) is 2.25. The molecule has 0 saturated carbocycles. The highest BCUT2D eigenvalue weighted by molar-refractivity contribution is 5.86. The van der Waals surface area contributed by atoms with Gasteiger partial charge in [0.25, 0.3) is 0 Å². The fourth-order valence-corrected chi connectivity index (χ4v) is 1.17. The molecule has 2 N–H and O–H groups in total. The average molecular weight is 230 g/mol. The Morgan fingerprint density at radius 1 is 1.12 bits per heavy atom. The van der Waals surface area contributed by atoms with Gasteiger partial charge in [-0.3, -0.25) is 14.4 Å². The smallest absolute Gasteiger partial charge is 0.303 e. The summed E-state index contributed by atoms with van der Waals surface area (Å²) in [7, 11) is 0. The van der Waals surface area contributed by atoms with Crippen LogP contribution in [0, 0.1) is 0 Å². The van der Waals surface area contributed by atoms with Gasteiger partial charge in [0.2, 0.25) is 11.8 Å². The van der Waals surface area contributed by atoms with Crippen molar-refractivity contribution in [3.8, 4) is 0 Å². The van der Waals surface area contributed by atoms with E-state index in [9.17, 15) is 14.4 Å². The summed E-state index contributed by atoms with van der Waals surface area (Å²) in [5.41, 5.74) is 0. The van der Waals surface area contributed by atoms with E-state index in [4.69, 9.17) is 5.11 Å². The summed E-state index contributed by atoms with van der Waals surface area (Å²) in [6.07, 6.45) is -0.313. The maximum absolute atomic E-state index is 11.4. The summed E-state index contributed by atoms with van der Waals surface area (Å²) in [4.78, 5) is 34.3. The maximum atomic E-state index is 11.4. The molecule has 92 valence electrons. The number of nitrogens with zero attached hydrogens (tertiary/aromatic N) is 1. The molecule has 0 radical (unpaired) electrons. The van der Waals surface area contributed by atoms with E-state index >= 15 is 0 Å². The second-order valence-electron chi connectivity index (χ2n) is 3.24. The Labute approximate surface area is 94.6 Å². The number of nitrogens with one attached hydrogen (secondary N) is 1. The largest absolute Gasteiger partial charge is 0.481 e. The summed E-state index contributed by atoms with van der Waals surface area (Å²) >= 11 is 0. The maximum Gasteiger partial charge on any atom is 0.303 e. The van der Waals surface area contributed by atoms with Gasteiger partial charge in [-0.1, -0.05) is 0 Å². The van der Waals surface area contributed by atoms with Crippen LogP contribution < -0.4 is 5.32 Å². The first-order chi connectivity index (χ1) is 7.51. The van der Waals surface area contributed by atoms with Gasteiger partial charge in [-0.2, -0.15) is 0 Å². The molecule has 0 aromatic rings. The Balaban J connectivity index is 3.82.